The average molecular weight is 352 g/mol. The van der Waals surface area contributed by atoms with Crippen LogP contribution in [0.4, 0.5) is 0 Å². The molecular weight excluding hydrogens is 334 g/mol. The van der Waals surface area contributed by atoms with Crippen molar-refractivity contribution in [1.82, 2.24) is 15.0 Å². The third-order valence-electron chi connectivity index (χ3n) is 3.04. The maximum absolute atomic E-state index is 11.5. The summed E-state index contributed by atoms with van der Waals surface area (Å²) in [6.45, 7) is 4.61. The van der Waals surface area contributed by atoms with Gasteiger partial charge in [0.1, 0.15) is 5.75 Å². The lowest BCUT2D eigenvalue weighted by Crippen LogP contribution is -2.06. The summed E-state index contributed by atoms with van der Waals surface area (Å²) in [4.78, 5) is 11.5. The van der Waals surface area contributed by atoms with Crippen LogP contribution in [0, 0.1) is 0 Å². The molecule has 0 bridgehead atoms. The van der Waals surface area contributed by atoms with Gasteiger partial charge in [-0.05, 0) is 32.0 Å². The first-order valence-electron chi connectivity index (χ1n) is 6.85. The number of alkyl halides is 1. The molecule has 2 rings (SSSR count). The van der Waals surface area contributed by atoms with E-state index in [1.807, 2.05) is 25.3 Å². The molecule has 0 aliphatic rings. The highest BCUT2D eigenvalue weighted by molar-refractivity contribution is 9.09. The van der Waals surface area contributed by atoms with Crippen molar-refractivity contribution in [3.63, 3.8) is 0 Å². The van der Waals surface area contributed by atoms with Crippen LogP contribution in [-0.2, 0) is 13.0 Å². The molecule has 0 unspecified atom stereocenters. The van der Waals surface area contributed by atoms with Gasteiger partial charge in [-0.3, -0.25) is 4.79 Å². The molecule has 6 heteroatoms. The molecule has 0 amide bonds. The van der Waals surface area contributed by atoms with Crippen LogP contribution < -0.4 is 4.74 Å². The van der Waals surface area contributed by atoms with E-state index < -0.39 is 0 Å². The fourth-order valence-electron chi connectivity index (χ4n) is 2.02. The van der Waals surface area contributed by atoms with Gasteiger partial charge in [-0.15, -0.1) is 5.10 Å². The highest BCUT2D eigenvalue weighted by Gasteiger charge is 2.10. The van der Waals surface area contributed by atoms with Gasteiger partial charge in [-0.25, -0.2) is 4.68 Å². The number of nitrogens with zero attached hydrogens (tertiary/aromatic N) is 3. The number of aromatic nitrogens is 3. The zero-order valence-corrected chi connectivity index (χ0v) is 13.8. The van der Waals surface area contributed by atoms with Crippen LogP contribution in [0.2, 0.25) is 0 Å². The van der Waals surface area contributed by atoms with Crippen molar-refractivity contribution in [3.8, 4) is 5.75 Å². The van der Waals surface area contributed by atoms with E-state index in [0.717, 1.165) is 28.8 Å². The van der Waals surface area contributed by atoms with Crippen molar-refractivity contribution < 1.29 is 9.53 Å². The Hall–Kier alpha value is -1.69. The minimum Gasteiger partial charge on any atom is -0.494 e. The predicted octanol–water partition coefficient (Wildman–Crippen LogP) is 2.87. The molecule has 0 saturated heterocycles. The van der Waals surface area contributed by atoms with Crippen LogP contribution in [0.1, 0.15) is 35.5 Å². The Balaban J connectivity index is 2.26. The summed E-state index contributed by atoms with van der Waals surface area (Å²) in [7, 11) is 0. The zero-order valence-electron chi connectivity index (χ0n) is 12.2. The van der Waals surface area contributed by atoms with E-state index in [1.54, 1.807) is 17.7 Å². The third-order valence-corrected chi connectivity index (χ3v) is 3.43. The summed E-state index contributed by atoms with van der Waals surface area (Å²) >= 11 is 3.39. The zero-order chi connectivity index (χ0) is 15.2. The van der Waals surface area contributed by atoms with Crippen LogP contribution in [0.5, 0.6) is 5.75 Å². The average Bonchev–Trinajstić information content (AvgIpc) is 2.88. The highest BCUT2D eigenvalue weighted by atomic mass is 79.9. The molecule has 0 saturated carbocycles. The van der Waals surface area contributed by atoms with Gasteiger partial charge in [0.2, 0.25) is 0 Å². The van der Waals surface area contributed by atoms with Gasteiger partial charge in [0, 0.05) is 29.1 Å². The smallest absolute Gasteiger partial charge is 0.159 e. The first-order chi connectivity index (χ1) is 10.1. The van der Waals surface area contributed by atoms with Crippen molar-refractivity contribution in [2.24, 2.45) is 0 Å². The number of aryl methyl sites for hydroxylation is 1. The topological polar surface area (TPSA) is 57.0 Å². The number of ketones is 1. The second-order valence-corrected chi connectivity index (χ2v) is 5.45. The first kappa shape index (κ1) is 15.7. The predicted molar refractivity (Wildman–Crippen MR) is 84.2 cm³/mol. The monoisotopic (exact) mass is 351 g/mol. The Labute approximate surface area is 132 Å². The van der Waals surface area contributed by atoms with Crippen molar-refractivity contribution in [2.75, 3.05) is 11.9 Å². The minimum absolute atomic E-state index is 0.0397. The van der Waals surface area contributed by atoms with Crippen LogP contribution in [-0.4, -0.2) is 32.7 Å². The summed E-state index contributed by atoms with van der Waals surface area (Å²) < 4.78 is 7.38. The first-order valence-corrected chi connectivity index (χ1v) is 7.97. The lowest BCUT2D eigenvalue weighted by molar-refractivity contribution is 0.101. The van der Waals surface area contributed by atoms with E-state index in [4.69, 9.17) is 4.74 Å². The van der Waals surface area contributed by atoms with Gasteiger partial charge < -0.3 is 4.74 Å². The minimum atomic E-state index is 0.0397. The molecule has 1 aromatic carbocycles. The van der Waals surface area contributed by atoms with E-state index in [2.05, 4.69) is 26.2 Å². The Kier molecular flexibility index (Phi) is 5.50. The van der Waals surface area contributed by atoms with Crippen LogP contribution in [0.25, 0.3) is 0 Å². The fraction of sp³-hybridized carbons (Fsp3) is 0.400. The van der Waals surface area contributed by atoms with E-state index in [9.17, 15) is 4.79 Å². The van der Waals surface area contributed by atoms with E-state index in [1.165, 1.54) is 0 Å². The number of halogens is 1. The number of Topliss-reactive ketones (excluding diaryl/α,β-unsaturated/α-hetero) is 1. The fourth-order valence-corrected chi connectivity index (χ4v) is 2.43. The van der Waals surface area contributed by atoms with E-state index >= 15 is 0 Å². The Bertz CT molecular complexity index is 625. The lowest BCUT2D eigenvalue weighted by atomic mass is 10.1. The molecule has 0 atom stereocenters. The normalized spacial score (nSPS) is 10.6. The standard InChI is InChI=1S/C15H18BrN3O2/c1-3-21-15-5-4-12(11(2)20)8-13(15)9-19-10-14(6-7-16)17-18-19/h4-5,8,10H,3,6-7,9H2,1-2H3. The van der Waals surface area contributed by atoms with Crippen molar-refractivity contribution >= 4 is 21.7 Å². The molecule has 0 fully saturated rings. The number of carbonyl (C=O) groups excluding carboxylic acids is 1. The molecule has 0 N–H and O–H groups in total. The number of hydrogen-bond acceptors (Lipinski definition) is 4. The third kappa shape index (κ3) is 4.14. The summed E-state index contributed by atoms with van der Waals surface area (Å²) in [5.41, 5.74) is 2.54. The molecule has 1 aromatic heterocycles. The molecule has 0 radical (unpaired) electrons. The molecule has 0 aliphatic heterocycles. The van der Waals surface area contributed by atoms with Crippen LogP contribution in [0.3, 0.4) is 0 Å². The SMILES string of the molecule is CCOc1ccc(C(C)=O)cc1Cn1cc(CCBr)nn1. The van der Waals surface area contributed by atoms with Gasteiger partial charge in [-0.2, -0.15) is 0 Å². The summed E-state index contributed by atoms with van der Waals surface area (Å²) in [6.07, 6.45) is 2.75. The molecule has 112 valence electrons. The maximum Gasteiger partial charge on any atom is 0.159 e. The second-order valence-electron chi connectivity index (χ2n) is 4.66. The summed E-state index contributed by atoms with van der Waals surface area (Å²) in [5.74, 6) is 0.818. The van der Waals surface area contributed by atoms with Gasteiger partial charge in [0.25, 0.3) is 0 Å². The number of rotatable bonds is 7. The van der Waals surface area contributed by atoms with Gasteiger partial charge in [0.05, 0.1) is 18.8 Å². The van der Waals surface area contributed by atoms with Crippen molar-refractivity contribution in [1.29, 1.82) is 0 Å². The molecule has 21 heavy (non-hydrogen) atoms. The van der Waals surface area contributed by atoms with Crippen LogP contribution in [0.15, 0.2) is 24.4 Å². The van der Waals surface area contributed by atoms with E-state index in [0.29, 0.717) is 18.7 Å². The Morgan fingerprint density at radius 1 is 1.43 bits per heavy atom. The second kappa shape index (κ2) is 7.36. The summed E-state index contributed by atoms with van der Waals surface area (Å²) in [6, 6.07) is 5.49. The van der Waals surface area contributed by atoms with Crippen molar-refractivity contribution in [3.05, 3.63) is 41.2 Å². The summed E-state index contributed by atoms with van der Waals surface area (Å²) in [5, 5.41) is 9.08. The van der Waals surface area contributed by atoms with Crippen LogP contribution >= 0.6 is 15.9 Å². The van der Waals surface area contributed by atoms with Gasteiger partial charge in [-0.1, -0.05) is 21.1 Å². The molecular formula is C15H18BrN3O2. The number of ether oxygens (including phenoxy) is 1. The van der Waals surface area contributed by atoms with Gasteiger partial charge in [0.15, 0.2) is 5.78 Å². The number of benzene rings is 1. The highest BCUT2D eigenvalue weighted by Crippen LogP contribution is 2.21. The Morgan fingerprint density at radius 3 is 2.90 bits per heavy atom. The van der Waals surface area contributed by atoms with E-state index in [-0.39, 0.29) is 5.78 Å². The molecule has 1 heterocycles. The van der Waals surface area contributed by atoms with Gasteiger partial charge >= 0.3 is 0 Å². The maximum atomic E-state index is 11.5. The molecule has 5 nitrogen and oxygen atoms in total. The number of carbonyl (C=O) groups is 1. The molecule has 0 spiro atoms. The lowest BCUT2D eigenvalue weighted by Gasteiger charge is -2.11. The Morgan fingerprint density at radius 2 is 2.24 bits per heavy atom. The number of hydrogen-bond donors (Lipinski definition) is 0. The molecule has 2 aromatic rings. The largest absolute Gasteiger partial charge is 0.494 e. The van der Waals surface area contributed by atoms with Crippen molar-refractivity contribution in [2.45, 2.75) is 26.8 Å². The molecule has 0 aliphatic carbocycles. The quantitative estimate of drug-likeness (QED) is 0.568.